The fourth-order valence-electron chi connectivity index (χ4n) is 2.16. The zero-order valence-corrected chi connectivity index (χ0v) is 10.6. The maximum absolute atomic E-state index is 5.71. The highest BCUT2D eigenvalue weighted by Gasteiger charge is 2.09. The maximum atomic E-state index is 5.71. The van der Waals surface area contributed by atoms with Crippen LogP contribution in [-0.2, 0) is 4.74 Å². The lowest BCUT2D eigenvalue weighted by Gasteiger charge is -2.15. The lowest BCUT2D eigenvalue weighted by atomic mass is 10.1. The molecule has 0 radical (unpaired) electrons. The summed E-state index contributed by atoms with van der Waals surface area (Å²) in [6, 6.07) is 8.28. The molecule has 2 nitrogen and oxygen atoms in total. The predicted molar refractivity (Wildman–Crippen MR) is 70.0 cm³/mol. The lowest BCUT2D eigenvalue weighted by Crippen LogP contribution is -2.15. The molecule has 1 aromatic carbocycles. The maximum Gasteiger partial charge on any atom is 0.196 e. The van der Waals surface area contributed by atoms with Crippen LogP contribution in [0.4, 0.5) is 0 Å². The Hall–Kier alpha value is -1.28. The van der Waals surface area contributed by atoms with Crippen molar-refractivity contribution in [1.29, 1.82) is 0 Å². The first kappa shape index (κ1) is 12.2. The van der Waals surface area contributed by atoms with Gasteiger partial charge in [0.1, 0.15) is 5.75 Å². The van der Waals surface area contributed by atoms with Crippen LogP contribution in [0.1, 0.15) is 38.7 Å². The number of hydrogen-bond acceptors (Lipinski definition) is 2. The molecule has 0 amide bonds. The van der Waals surface area contributed by atoms with Crippen molar-refractivity contribution < 1.29 is 9.47 Å². The van der Waals surface area contributed by atoms with E-state index in [1.807, 2.05) is 26.0 Å². The van der Waals surface area contributed by atoms with Crippen LogP contribution in [0, 0.1) is 0 Å². The van der Waals surface area contributed by atoms with Crippen LogP contribution >= 0.6 is 0 Å². The van der Waals surface area contributed by atoms with Gasteiger partial charge in [-0.15, -0.1) is 0 Å². The monoisotopic (exact) mass is 232 g/mol. The molecule has 1 aliphatic rings. The van der Waals surface area contributed by atoms with Crippen molar-refractivity contribution in [2.75, 3.05) is 6.61 Å². The third kappa shape index (κ3) is 3.34. The number of benzene rings is 1. The molecule has 1 aromatic rings. The fraction of sp³-hybridized carbons (Fsp3) is 0.467. The molecule has 0 saturated carbocycles. The van der Waals surface area contributed by atoms with Crippen molar-refractivity contribution in [3.05, 3.63) is 35.9 Å². The van der Waals surface area contributed by atoms with Crippen LogP contribution in [0.15, 0.2) is 30.3 Å². The van der Waals surface area contributed by atoms with Crippen molar-refractivity contribution in [2.24, 2.45) is 0 Å². The van der Waals surface area contributed by atoms with E-state index in [4.69, 9.17) is 9.47 Å². The van der Waals surface area contributed by atoms with Crippen LogP contribution in [-0.4, -0.2) is 12.9 Å². The van der Waals surface area contributed by atoms with Crippen molar-refractivity contribution in [1.82, 2.24) is 0 Å². The van der Waals surface area contributed by atoms with E-state index in [1.165, 1.54) is 30.4 Å². The molecule has 0 heterocycles. The van der Waals surface area contributed by atoms with Crippen LogP contribution in [0.3, 0.4) is 0 Å². The Balaban J connectivity index is 2.06. The van der Waals surface area contributed by atoms with Crippen molar-refractivity contribution in [3.8, 4) is 5.75 Å². The first-order chi connectivity index (χ1) is 8.29. The van der Waals surface area contributed by atoms with E-state index < -0.39 is 0 Å². The summed E-state index contributed by atoms with van der Waals surface area (Å²) in [5.74, 6) is 0.885. The average molecular weight is 232 g/mol. The van der Waals surface area contributed by atoms with E-state index in [9.17, 15) is 0 Å². The van der Waals surface area contributed by atoms with E-state index in [-0.39, 0.29) is 6.29 Å². The van der Waals surface area contributed by atoms with Gasteiger partial charge in [0.25, 0.3) is 0 Å². The Labute approximate surface area is 103 Å². The molecule has 0 fully saturated rings. The van der Waals surface area contributed by atoms with Crippen LogP contribution in [0.2, 0.25) is 0 Å². The number of allylic oxidation sites excluding steroid dienone is 2. The van der Waals surface area contributed by atoms with Gasteiger partial charge in [0.2, 0.25) is 0 Å². The van der Waals surface area contributed by atoms with Crippen LogP contribution in [0.25, 0.3) is 5.57 Å². The second kappa shape index (κ2) is 5.87. The number of rotatable bonds is 5. The quantitative estimate of drug-likeness (QED) is 0.714. The Morgan fingerprint density at radius 3 is 2.94 bits per heavy atom. The fourth-order valence-corrected chi connectivity index (χ4v) is 2.16. The highest BCUT2D eigenvalue weighted by atomic mass is 16.7. The molecule has 17 heavy (non-hydrogen) atoms. The minimum Gasteiger partial charge on any atom is -0.465 e. The third-order valence-corrected chi connectivity index (χ3v) is 2.95. The largest absolute Gasteiger partial charge is 0.465 e. The van der Waals surface area contributed by atoms with Gasteiger partial charge in [-0.3, -0.25) is 0 Å². The van der Waals surface area contributed by atoms with Crippen molar-refractivity contribution in [2.45, 2.75) is 39.4 Å². The normalized spacial score (nSPS) is 16.7. The highest BCUT2D eigenvalue weighted by Crippen LogP contribution is 2.29. The van der Waals surface area contributed by atoms with E-state index in [2.05, 4.69) is 18.2 Å². The molecule has 92 valence electrons. The smallest absolute Gasteiger partial charge is 0.196 e. The summed E-state index contributed by atoms with van der Waals surface area (Å²) in [7, 11) is 0. The van der Waals surface area contributed by atoms with E-state index in [0.29, 0.717) is 6.61 Å². The van der Waals surface area contributed by atoms with E-state index >= 15 is 0 Å². The lowest BCUT2D eigenvalue weighted by molar-refractivity contribution is -0.0613. The molecular formula is C15H20O2. The van der Waals surface area contributed by atoms with Gasteiger partial charge in [-0.05, 0) is 56.4 Å². The van der Waals surface area contributed by atoms with Gasteiger partial charge in [0, 0.05) is 6.61 Å². The molecule has 0 spiro atoms. The molecule has 0 aliphatic heterocycles. The SMILES string of the molecule is CCOC(C)Oc1cccc(C2=CCCC2)c1. The number of hydrogen-bond donors (Lipinski definition) is 0. The molecule has 2 heteroatoms. The molecular weight excluding hydrogens is 212 g/mol. The van der Waals surface area contributed by atoms with Gasteiger partial charge in [0.15, 0.2) is 6.29 Å². The summed E-state index contributed by atoms with van der Waals surface area (Å²) in [5, 5.41) is 0. The molecule has 1 aliphatic carbocycles. The molecule has 1 atom stereocenters. The van der Waals surface area contributed by atoms with Gasteiger partial charge in [0.05, 0.1) is 0 Å². The first-order valence-electron chi connectivity index (χ1n) is 6.37. The van der Waals surface area contributed by atoms with Gasteiger partial charge < -0.3 is 9.47 Å². The molecule has 2 rings (SSSR count). The zero-order chi connectivity index (χ0) is 12.1. The Kier molecular flexibility index (Phi) is 4.21. The van der Waals surface area contributed by atoms with E-state index in [0.717, 1.165) is 5.75 Å². The second-order valence-electron chi connectivity index (χ2n) is 4.29. The van der Waals surface area contributed by atoms with Gasteiger partial charge in [-0.1, -0.05) is 18.2 Å². The summed E-state index contributed by atoms with van der Waals surface area (Å²) < 4.78 is 11.1. The summed E-state index contributed by atoms with van der Waals surface area (Å²) >= 11 is 0. The highest BCUT2D eigenvalue weighted by molar-refractivity contribution is 5.68. The first-order valence-corrected chi connectivity index (χ1v) is 6.37. The van der Waals surface area contributed by atoms with E-state index in [1.54, 1.807) is 0 Å². The Bertz CT molecular complexity index is 396. The predicted octanol–water partition coefficient (Wildman–Crippen LogP) is 4.02. The summed E-state index contributed by atoms with van der Waals surface area (Å²) in [4.78, 5) is 0. The minimum absolute atomic E-state index is 0.187. The van der Waals surface area contributed by atoms with Gasteiger partial charge in [-0.2, -0.15) is 0 Å². The van der Waals surface area contributed by atoms with Gasteiger partial charge >= 0.3 is 0 Å². The average Bonchev–Trinajstić information content (AvgIpc) is 2.83. The number of ether oxygens (including phenoxy) is 2. The van der Waals surface area contributed by atoms with Gasteiger partial charge in [-0.25, -0.2) is 0 Å². The molecule has 0 bridgehead atoms. The summed E-state index contributed by atoms with van der Waals surface area (Å²) in [5.41, 5.74) is 2.73. The summed E-state index contributed by atoms with van der Waals surface area (Å²) in [6.07, 6.45) is 5.80. The third-order valence-electron chi connectivity index (χ3n) is 2.95. The standard InChI is InChI=1S/C15H20O2/c1-3-16-12(2)17-15-10-6-9-14(11-15)13-7-4-5-8-13/h6-7,9-12H,3-5,8H2,1-2H3. The molecule has 0 aromatic heterocycles. The molecule has 1 unspecified atom stereocenters. The van der Waals surface area contributed by atoms with Crippen LogP contribution < -0.4 is 4.74 Å². The van der Waals surface area contributed by atoms with Crippen LogP contribution in [0.5, 0.6) is 5.75 Å². The zero-order valence-electron chi connectivity index (χ0n) is 10.6. The van der Waals surface area contributed by atoms with Crippen molar-refractivity contribution in [3.63, 3.8) is 0 Å². The van der Waals surface area contributed by atoms with Crippen molar-refractivity contribution >= 4 is 5.57 Å². The topological polar surface area (TPSA) is 18.5 Å². The summed E-state index contributed by atoms with van der Waals surface area (Å²) in [6.45, 7) is 4.57. The minimum atomic E-state index is -0.187. The Morgan fingerprint density at radius 2 is 2.24 bits per heavy atom. The molecule has 0 N–H and O–H groups in total. The second-order valence-corrected chi connectivity index (χ2v) is 4.29. The molecule has 0 saturated heterocycles. The Morgan fingerprint density at radius 1 is 1.35 bits per heavy atom.